The van der Waals surface area contributed by atoms with Crippen molar-refractivity contribution in [2.45, 2.75) is 52.6 Å². The van der Waals surface area contributed by atoms with Crippen LogP contribution in [0.5, 0.6) is 0 Å². The van der Waals surface area contributed by atoms with E-state index in [9.17, 15) is 0 Å². The number of hydrogen-bond donors (Lipinski definition) is 3. The van der Waals surface area contributed by atoms with Crippen molar-refractivity contribution in [3.63, 3.8) is 0 Å². The maximum Gasteiger partial charge on any atom is 0.189 e. The van der Waals surface area contributed by atoms with E-state index in [4.69, 9.17) is 10.9 Å². The topological polar surface area (TPSA) is 83.5 Å². The van der Waals surface area contributed by atoms with Crippen LogP contribution >= 0.6 is 0 Å². The van der Waals surface area contributed by atoms with Gasteiger partial charge in [-0.1, -0.05) is 37.9 Å². The Bertz CT molecular complexity index is 432. The largest absolute Gasteiger partial charge is 0.409 e. The zero-order valence-electron chi connectivity index (χ0n) is 12.6. The van der Waals surface area contributed by atoms with Gasteiger partial charge in [0.25, 0.3) is 0 Å². The lowest BCUT2D eigenvalue weighted by Gasteiger charge is -2.15. The molecule has 0 aliphatic rings. The lowest BCUT2D eigenvalue weighted by molar-refractivity contribution is 0.318. The highest BCUT2D eigenvalue weighted by atomic mass is 16.4. The fraction of sp³-hybridized carbons (Fsp3) is 0.600. The van der Waals surface area contributed by atoms with Gasteiger partial charge in [0.2, 0.25) is 0 Å². The van der Waals surface area contributed by atoms with E-state index in [1.807, 2.05) is 12.1 Å². The highest BCUT2D eigenvalue weighted by molar-refractivity contribution is 5.96. The summed E-state index contributed by atoms with van der Waals surface area (Å²) < 4.78 is 0. The van der Waals surface area contributed by atoms with Crippen molar-refractivity contribution < 1.29 is 5.21 Å². The van der Waals surface area contributed by atoms with Gasteiger partial charge in [-0.3, -0.25) is 4.98 Å². The van der Waals surface area contributed by atoms with Gasteiger partial charge in [-0.25, -0.2) is 0 Å². The molecule has 1 heterocycles. The monoisotopic (exact) mass is 278 g/mol. The van der Waals surface area contributed by atoms with Crippen LogP contribution in [0.15, 0.2) is 23.5 Å². The van der Waals surface area contributed by atoms with Gasteiger partial charge in [0, 0.05) is 18.8 Å². The Labute approximate surface area is 121 Å². The zero-order chi connectivity index (χ0) is 15.0. The molecule has 0 saturated heterocycles. The van der Waals surface area contributed by atoms with E-state index < -0.39 is 0 Å². The van der Waals surface area contributed by atoms with Crippen LogP contribution in [-0.4, -0.2) is 22.1 Å². The molecule has 0 aliphatic carbocycles. The number of oxime groups is 1. The van der Waals surface area contributed by atoms with Gasteiger partial charge >= 0.3 is 0 Å². The Morgan fingerprint density at radius 1 is 1.40 bits per heavy atom. The molecule has 1 aromatic heterocycles. The SMILES string of the molecule is CC(C)CCCC(C)NCc1cccnc1C(N)=NO. The van der Waals surface area contributed by atoms with Crippen LogP contribution in [-0.2, 0) is 6.54 Å². The van der Waals surface area contributed by atoms with Crippen LogP contribution in [0.25, 0.3) is 0 Å². The molecule has 0 fully saturated rings. The molecule has 4 N–H and O–H groups in total. The normalized spacial score (nSPS) is 13.7. The number of nitrogens with one attached hydrogen (secondary N) is 1. The number of nitrogens with two attached hydrogens (primary N) is 1. The summed E-state index contributed by atoms with van der Waals surface area (Å²) in [7, 11) is 0. The second-order valence-corrected chi connectivity index (χ2v) is 5.60. The van der Waals surface area contributed by atoms with Crippen molar-refractivity contribution in [2.24, 2.45) is 16.8 Å². The fourth-order valence-corrected chi connectivity index (χ4v) is 2.08. The molecule has 20 heavy (non-hydrogen) atoms. The summed E-state index contributed by atoms with van der Waals surface area (Å²) in [5.41, 5.74) is 7.11. The zero-order valence-corrected chi connectivity index (χ0v) is 12.6. The van der Waals surface area contributed by atoms with E-state index in [1.54, 1.807) is 6.20 Å². The van der Waals surface area contributed by atoms with Crippen molar-refractivity contribution in [1.29, 1.82) is 0 Å². The van der Waals surface area contributed by atoms with Gasteiger partial charge in [-0.05, 0) is 30.9 Å². The summed E-state index contributed by atoms with van der Waals surface area (Å²) in [5, 5.41) is 15.2. The molecular formula is C15H26N4O. The third kappa shape index (κ3) is 5.57. The second kappa shape index (κ2) is 8.53. The number of rotatable bonds is 8. The number of pyridine rings is 1. The molecule has 5 heteroatoms. The fourth-order valence-electron chi connectivity index (χ4n) is 2.08. The van der Waals surface area contributed by atoms with Crippen LogP contribution in [0.3, 0.4) is 0 Å². The molecule has 0 spiro atoms. The average molecular weight is 278 g/mol. The lowest BCUT2D eigenvalue weighted by atomic mass is 10.0. The van der Waals surface area contributed by atoms with Crippen molar-refractivity contribution in [2.75, 3.05) is 0 Å². The molecule has 0 saturated carbocycles. The molecule has 0 radical (unpaired) electrons. The standard InChI is InChI=1S/C15H26N4O/c1-11(2)6-4-7-12(3)18-10-13-8-5-9-17-14(13)15(16)19-20/h5,8-9,11-12,18,20H,4,6-7,10H2,1-3H3,(H2,16,19). The molecule has 0 aromatic carbocycles. The summed E-state index contributed by atoms with van der Waals surface area (Å²) in [6.45, 7) is 7.34. The van der Waals surface area contributed by atoms with E-state index in [1.165, 1.54) is 12.8 Å². The lowest BCUT2D eigenvalue weighted by Crippen LogP contribution is -2.27. The summed E-state index contributed by atoms with van der Waals surface area (Å²) in [6.07, 6.45) is 5.28. The van der Waals surface area contributed by atoms with Crippen LogP contribution < -0.4 is 11.1 Å². The van der Waals surface area contributed by atoms with Gasteiger partial charge in [0.05, 0.1) is 0 Å². The Kier molecular flexibility index (Phi) is 7.01. The quantitative estimate of drug-likeness (QED) is 0.295. The summed E-state index contributed by atoms with van der Waals surface area (Å²) in [5.74, 6) is 0.808. The van der Waals surface area contributed by atoms with Crippen LogP contribution in [0, 0.1) is 5.92 Å². The highest BCUT2D eigenvalue weighted by Gasteiger charge is 2.09. The van der Waals surface area contributed by atoms with E-state index >= 15 is 0 Å². The van der Waals surface area contributed by atoms with Crippen molar-refractivity contribution in [1.82, 2.24) is 10.3 Å². The van der Waals surface area contributed by atoms with E-state index in [0.29, 0.717) is 18.3 Å². The molecule has 1 aromatic rings. The van der Waals surface area contributed by atoms with Crippen molar-refractivity contribution >= 4 is 5.84 Å². The minimum absolute atomic E-state index is 0.0508. The Morgan fingerprint density at radius 2 is 2.15 bits per heavy atom. The minimum Gasteiger partial charge on any atom is -0.409 e. The first-order valence-corrected chi connectivity index (χ1v) is 7.19. The third-order valence-electron chi connectivity index (χ3n) is 3.30. The van der Waals surface area contributed by atoms with Crippen LogP contribution in [0.2, 0.25) is 0 Å². The molecular weight excluding hydrogens is 252 g/mol. The van der Waals surface area contributed by atoms with Gasteiger partial charge in [0.1, 0.15) is 5.69 Å². The molecule has 5 nitrogen and oxygen atoms in total. The predicted molar refractivity (Wildman–Crippen MR) is 81.7 cm³/mol. The molecule has 1 unspecified atom stereocenters. The second-order valence-electron chi connectivity index (χ2n) is 5.60. The van der Waals surface area contributed by atoms with Crippen molar-refractivity contribution in [3.8, 4) is 0 Å². The molecule has 0 amide bonds. The first kappa shape index (κ1) is 16.4. The number of aromatic nitrogens is 1. The van der Waals surface area contributed by atoms with Gasteiger partial charge in [-0.2, -0.15) is 0 Å². The maximum atomic E-state index is 8.76. The highest BCUT2D eigenvalue weighted by Crippen LogP contribution is 2.10. The van der Waals surface area contributed by atoms with Crippen LogP contribution in [0.4, 0.5) is 0 Å². The Hall–Kier alpha value is -1.62. The molecule has 1 rings (SSSR count). The van der Waals surface area contributed by atoms with Gasteiger partial charge < -0.3 is 16.3 Å². The summed E-state index contributed by atoms with van der Waals surface area (Å²) in [6, 6.07) is 4.23. The number of amidine groups is 1. The van der Waals surface area contributed by atoms with Gasteiger partial charge in [0.15, 0.2) is 5.84 Å². The summed E-state index contributed by atoms with van der Waals surface area (Å²) in [4.78, 5) is 4.16. The Balaban J connectivity index is 2.49. The first-order valence-electron chi connectivity index (χ1n) is 7.19. The average Bonchev–Trinajstić information content (AvgIpc) is 2.44. The predicted octanol–water partition coefficient (Wildman–Crippen LogP) is 2.48. The maximum absolute atomic E-state index is 8.76. The smallest absolute Gasteiger partial charge is 0.189 e. The van der Waals surface area contributed by atoms with Gasteiger partial charge in [-0.15, -0.1) is 0 Å². The van der Waals surface area contributed by atoms with E-state index in [0.717, 1.165) is 17.9 Å². The number of nitrogens with zero attached hydrogens (tertiary/aromatic N) is 2. The molecule has 1 atom stereocenters. The van der Waals surface area contributed by atoms with E-state index in [2.05, 4.69) is 36.2 Å². The first-order chi connectivity index (χ1) is 9.54. The number of hydrogen-bond acceptors (Lipinski definition) is 4. The summed E-state index contributed by atoms with van der Waals surface area (Å²) >= 11 is 0. The van der Waals surface area contributed by atoms with Crippen molar-refractivity contribution in [3.05, 3.63) is 29.6 Å². The van der Waals surface area contributed by atoms with E-state index in [-0.39, 0.29) is 5.84 Å². The van der Waals surface area contributed by atoms with Crippen LogP contribution in [0.1, 0.15) is 51.3 Å². The minimum atomic E-state index is 0.0508. The molecule has 112 valence electrons. The molecule has 0 bridgehead atoms. The Morgan fingerprint density at radius 3 is 2.80 bits per heavy atom. The molecule has 0 aliphatic heterocycles. The third-order valence-corrected chi connectivity index (χ3v) is 3.30.